The summed E-state index contributed by atoms with van der Waals surface area (Å²) < 4.78 is 0. The van der Waals surface area contributed by atoms with E-state index in [1.165, 1.54) is 83.8 Å². The van der Waals surface area contributed by atoms with Crippen LogP contribution in [0.2, 0.25) is 0 Å². The van der Waals surface area contributed by atoms with Gasteiger partial charge in [0.15, 0.2) is 0 Å². The Bertz CT molecular complexity index is 247. The summed E-state index contributed by atoms with van der Waals surface area (Å²) in [5, 5.41) is 3.89. The molecule has 2 unspecified atom stereocenters. The van der Waals surface area contributed by atoms with E-state index in [1.54, 1.807) is 0 Å². The van der Waals surface area contributed by atoms with Gasteiger partial charge in [-0.25, -0.2) is 0 Å². The minimum absolute atomic E-state index is 0.814. The molecule has 3 rings (SSSR count). The van der Waals surface area contributed by atoms with E-state index in [2.05, 4.69) is 10.2 Å². The van der Waals surface area contributed by atoms with E-state index in [9.17, 15) is 0 Å². The highest BCUT2D eigenvalue weighted by atomic mass is 15.2. The molecule has 2 atom stereocenters. The second-order valence-corrected chi connectivity index (χ2v) is 6.74. The molecule has 18 heavy (non-hydrogen) atoms. The standard InChI is InChI=1S/C16H30N2/c1-2-6-14(7-3-1)9-11-17-15-10-13-18-12-5-4-8-16(15)18/h14-17H,1-13H2. The van der Waals surface area contributed by atoms with E-state index in [0.29, 0.717) is 0 Å². The second-order valence-electron chi connectivity index (χ2n) is 6.74. The first-order valence-corrected chi connectivity index (χ1v) is 8.41. The molecule has 0 aromatic rings. The van der Waals surface area contributed by atoms with E-state index in [-0.39, 0.29) is 0 Å². The van der Waals surface area contributed by atoms with Crippen molar-refractivity contribution in [2.75, 3.05) is 19.6 Å². The first kappa shape index (κ1) is 12.9. The maximum Gasteiger partial charge on any atom is 0.0249 e. The Kier molecular flexibility index (Phi) is 4.58. The Morgan fingerprint density at radius 1 is 0.833 bits per heavy atom. The summed E-state index contributed by atoms with van der Waals surface area (Å²) in [7, 11) is 0. The molecule has 0 amide bonds. The summed E-state index contributed by atoms with van der Waals surface area (Å²) in [6.07, 6.45) is 14.6. The number of nitrogens with one attached hydrogen (secondary N) is 1. The Morgan fingerprint density at radius 2 is 1.67 bits per heavy atom. The fourth-order valence-corrected chi connectivity index (χ4v) is 4.43. The molecule has 1 saturated carbocycles. The largest absolute Gasteiger partial charge is 0.312 e. The van der Waals surface area contributed by atoms with Crippen molar-refractivity contribution in [3.63, 3.8) is 0 Å². The van der Waals surface area contributed by atoms with Crippen molar-refractivity contribution in [3.8, 4) is 0 Å². The molecular formula is C16H30N2. The molecule has 0 radical (unpaired) electrons. The predicted molar refractivity (Wildman–Crippen MR) is 76.8 cm³/mol. The fraction of sp³-hybridized carbons (Fsp3) is 1.00. The number of rotatable bonds is 4. The molecule has 0 spiro atoms. The first-order chi connectivity index (χ1) is 8.93. The third-order valence-electron chi connectivity index (χ3n) is 5.54. The van der Waals surface area contributed by atoms with Crippen molar-refractivity contribution in [2.45, 2.75) is 76.3 Å². The van der Waals surface area contributed by atoms with Gasteiger partial charge in [-0.15, -0.1) is 0 Å². The molecule has 1 aliphatic carbocycles. The molecule has 3 fully saturated rings. The van der Waals surface area contributed by atoms with Crippen molar-refractivity contribution in [2.24, 2.45) is 5.92 Å². The van der Waals surface area contributed by atoms with Crippen LogP contribution in [0.1, 0.15) is 64.2 Å². The summed E-state index contributed by atoms with van der Waals surface area (Å²) in [5.74, 6) is 1.04. The Balaban J connectivity index is 1.37. The highest BCUT2D eigenvalue weighted by Gasteiger charge is 2.34. The van der Waals surface area contributed by atoms with Crippen molar-refractivity contribution in [3.05, 3.63) is 0 Å². The number of hydrogen-bond acceptors (Lipinski definition) is 2. The van der Waals surface area contributed by atoms with E-state index >= 15 is 0 Å². The minimum Gasteiger partial charge on any atom is -0.312 e. The quantitative estimate of drug-likeness (QED) is 0.824. The van der Waals surface area contributed by atoms with Crippen molar-refractivity contribution >= 4 is 0 Å². The normalized spacial score (nSPS) is 34.7. The van der Waals surface area contributed by atoms with Crippen LogP contribution in [-0.2, 0) is 0 Å². The molecular weight excluding hydrogens is 220 g/mol. The SMILES string of the molecule is C1CCC(CCNC2CCN3CCCCC23)CC1. The highest BCUT2D eigenvalue weighted by molar-refractivity contribution is 4.93. The van der Waals surface area contributed by atoms with Gasteiger partial charge in [-0.2, -0.15) is 0 Å². The van der Waals surface area contributed by atoms with Crippen molar-refractivity contribution in [1.82, 2.24) is 10.2 Å². The van der Waals surface area contributed by atoms with Gasteiger partial charge in [0, 0.05) is 18.6 Å². The number of nitrogens with zero attached hydrogens (tertiary/aromatic N) is 1. The van der Waals surface area contributed by atoms with Crippen LogP contribution >= 0.6 is 0 Å². The van der Waals surface area contributed by atoms with Gasteiger partial charge in [-0.05, 0) is 44.7 Å². The van der Waals surface area contributed by atoms with Gasteiger partial charge in [0.05, 0.1) is 0 Å². The third-order valence-corrected chi connectivity index (χ3v) is 5.54. The molecule has 0 aromatic carbocycles. The fourth-order valence-electron chi connectivity index (χ4n) is 4.43. The van der Waals surface area contributed by atoms with Gasteiger partial charge in [0.1, 0.15) is 0 Å². The van der Waals surface area contributed by atoms with Crippen LogP contribution < -0.4 is 5.32 Å². The van der Waals surface area contributed by atoms with Crippen LogP contribution in [0.4, 0.5) is 0 Å². The summed E-state index contributed by atoms with van der Waals surface area (Å²) in [5.41, 5.74) is 0. The summed E-state index contributed by atoms with van der Waals surface area (Å²) >= 11 is 0. The van der Waals surface area contributed by atoms with Gasteiger partial charge >= 0.3 is 0 Å². The smallest absolute Gasteiger partial charge is 0.0249 e. The Morgan fingerprint density at radius 3 is 2.56 bits per heavy atom. The van der Waals surface area contributed by atoms with Crippen LogP contribution in [0.3, 0.4) is 0 Å². The Hall–Kier alpha value is -0.0800. The minimum atomic E-state index is 0.814. The molecule has 2 nitrogen and oxygen atoms in total. The van der Waals surface area contributed by atoms with Crippen molar-refractivity contribution < 1.29 is 0 Å². The Labute approximate surface area is 113 Å². The molecule has 1 N–H and O–H groups in total. The van der Waals surface area contributed by atoms with E-state index in [1.807, 2.05) is 0 Å². The molecule has 104 valence electrons. The van der Waals surface area contributed by atoms with Gasteiger partial charge < -0.3 is 5.32 Å². The van der Waals surface area contributed by atoms with Crippen molar-refractivity contribution in [1.29, 1.82) is 0 Å². The molecule has 0 aromatic heterocycles. The number of piperidine rings is 1. The lowest BCUT2D eigenvalue weighted by Crippen LogP contribution is -2.45. The highest BCUT2D eigenvalue weighted by Crippen LogP contribution is 2.28. The molecule has 2 heterocycles. The van der Waals surface area contributed by atoms with Gasteiger partial charge in [-0.3, -0.25) is 4.90 Å². The average Bonchev–Trinajstić information content (AvgIpc) is 2.84. The van der Waals surface area contributed by atoms with Crippen LogP contribution in [0, 0.1) is 5.92 Å². The van der Waals surface area contributed by atoms with Crippen LogP contribution in [-0.4, -0.2) is 36.6 Å². The molecule has 2 heteroatoms. The maximum atomic E-state index is 3.89. The van der Waals surface area contributed by atoms with E-state index < -0.39 is 0 Å². The number of fused-ring (bicyclic) bond motifs is 1. The molecule has 2 aliphatic heterocycles. The first-order valence-electron chi connectivity index (χ1n) is 8.41. The maximum absolute atomic E-state index is 3.89. The zero-order valence-corrected chi connectivity index (χ0v) is 11.9. The molecule has 2 saturated heterocycles. The average molecular weight is 250 g/mol. The molecule has 3 aliphatic rings. The van der Waals surface area contributed by atoms with Gasteiger partial charge in [-0.1, -0.05) is 38.5 Å². The van der Waals surface area contributed by atoms with Crippen LogP contribution in [0.5, 0.6) is 0 Å². The lowest BCUT2D eigenvalue weighted by atomic mass is 9.87. The lowest BCUT2D eigenvalue weighted by molar-refractivity contribution is 0.179. The lowest BCUT2D eigenvalue weighted by Gasteiger charge is -2.33. The van der Waals surface area contributed by atoms with Crippen LogP contribution in [0.25, 0.3) is 0 Å². The zero-order chi connectivity index (χ0) is 12.2. The summed E-state index contributed by atoms with van der Waals surface area (Å²) in [4.78, 5) is 2.74. The summed E-state index contributed by atoms with van der Waals surface area (Å²) in [6.45, 7) is 4.00. The topological polar surface area (TPSA) is 15.3 Å². The van der Waals surface area contributed by atoms with E-state index in [0.717, 1.165) is 18.0 Å². The molecule has 0 bridgehead atoms. The van der Waals surface area contributed by atoms with E-state index in [4.69, 9.17) is 0 Å². The zero-order valence-electron chi connectivity index (χ0n) is 11.9. The van der Waals surface area contributed by atoms with Crippen LogP contribution in [0.15, 0.2) is 0 Å². The van der Waals surface area contributed by atoms with Gasteiger partial charge in [0.2, 0.25) is 0 Å². The third kappa shape index (κ3) is 3.08. The predicted octanol–water partition coefficient (Wildman–Crippen LogP) is 3.17. The summed E-state index contributed by atoms with van der Waals surface area (Å²) in [6, 6.07) is 1.69. The number of hydrogen-bond donors (Lipinski definition) is 1. The second kappa shape index (κ2) is 6.38. The monoisotopic (exact) mass is 250 g/mol. The van der Waals surface area contributed by atoms with Gasteiger partial charge in [0.25, 0.3) is 0 Å².